The molecule has 0 saturated carbocycles. The summed E-state index contributed by atoms with van der Waals surface area (Å²) < 4.78 is 13.1. The summed E-state index contributed by atoms with van der Waals surface area (Å²) in [5, 5.41) is 3.26. The van der Waals surface area contributed by atoms with Crippen LogP contribution in [0.15, 0.2) is 18.2 Å². The molecule has 0 spiro atoms. The largest absolute Gasteiger partial charge is 0.382 e. The molecule has 1 N–H and O–H groups in total. The highest BCUT2D eigenvalue weighted by Crippen LogP contribution is 2.18. The minimum absolute atomic E-state index is 0.145. The topological polar surface area (TPSA) is 12.0 Å². The molecule has 0 radical (unpaired) electrons. The van der Waals surface area contributed by atoms with E-state index in [0.29, 0.717) is 11.6 Å². The number of hydrogen-bond donors (Lipinski definition) is 1. The van der Waals surface area contributed by atoms with Gasteiger partial charge in [0, 0.05) is 17.3 Å². The number of benzene rings is 1. The minimum Gasteiger partial charge on any atom is -0.382 e. The van der Waals surface area contributed by atoms with Crippen LogP contribution in [0, 0.1) is 12.7 Å². The summed E-state index contributed by atoms with van der Waals surface area (Å²) in [6, 6.07) is 5.51. The normalized spacial score (nSPS) is 12.6. The summed E-state index contributed by atoms with van der Waals surface area (Å²) in [5.41, 5.74) is 1.59. The zero-order valence-corrected chi connectivity index (χ0v) is 8.39. The van der Waals surface area contributed by atoms with E-state index in [1.165, 1.54) is 6.07 Å². The maximum absolute atomic E-state index is 13.1. The smallest absolute Gasteiger partial charge is 0.128 e. The van der Waals surface area contributed by atoms with Crippen LogP contribution in [-0.2, 0) is 0 Å². The molecule has 0 unspecified atom stereocenters. The van der Waals surface area contributed by atoms with Crippen molar-refractivity contribution in [2.75, 3.05) is 5.32 Å². The number of hydrogen-bond acceptors (Lipinski definition) is 1. The molecule has 1 aromatic carbocycles. The molecule has 0 bridgehead atoms. The van der Waals surface area contributed by atoms with E-state index in [1.54, 1.807) is 13.0 Å². The Morgan fingerprint density at radius 2 is 2.15 bits per heavy atom. The van der Waals surface area contributed by atoms with E-state index in [2.05, 4.69) is 19.2 Å². The number of rotatable bonds is 3. The van der Waals surface area contributed by atoms with Gasteiger partial charge < -0.3 is 5.32 Å². The Bertz CT molecular complexity index is 283. The highest BCUT2D eigenvalue weighted by molar-refractivity contribution is 5.51. The molecule has 0 fully saturated rings. The maximum atomic E-state index is 13.1. The van der Waals surface area contributed by atoms with Gasteiger partial charge in [-0.1, -0.05) is 13.0 Å². The van der Waals surface area contributed by atoms with Crippen LogP contribution in [-0.4, -0.2) is 6.04 Å². The van der Waals surface area contributed by atoms with Gasteiger partial charge in [-0.25, -0.2) is 4.39 Å². The minimum atomic E-state index is -0.145. The van der Waals surface area contributed by atoms with Gasteiger partial charge in [0.05, 0.1) is 0 Å². The lowest BCUT2D eigenvalue weighted by Gasteiger charge is -2.15. The molecule has 1 rings (SSSR count). The Morgan fingerprint density at radius 3 is 2.77 bits per heavy atom. The zero-order valence-electron chi connectivity index (χ0n) is 8.39. The van der Waals surface area contributed by atoms with Crippen molar-refractivity contribution in [3.05, 3.63) is 29.6 Å². The average molecular weight is 181 g/mol. The second-order valence-electron chi connectivity index (χ2n) is 3.37. The Balaban J connectivity index is 2.83. The SMILES string of the molecule is CC[C@@H](C)Nc1cccc(F)c1C. The van der Waals surface area contributed by atoms with Gasteiger partial charge in [0.2, 0.25) is 0 Å². The number of halogens is 1. The van der Waals surface area contributed by atoms with E-state index in [4.69, 9.17) is 0 Å². The molecule has 2 heteroatoms. The highest BCUT2D eigenvalue weighted by atomic mass is 19.1. The van der Waals surface area contributed by atoms with Gasteiger partial charge in [-0.3, -0.25) is 0 Å². The lowest BCUT2D eigenvalue weighted by Crippen LogP contribution is -2.14. The standard InChI is InChI=1S/C11H16FN/c1-4-8(2)13-11-7-5-6-10(12)9(11)3/h5-8,13H,4H2,1-3H3/t8-/m1/s1. The van der Waals surface area contributed by atoms with Crippen LogP contribution in [0.5, 0.6) is 0 Å². The first-order valence-electron chi connectivity index (χ1n) is 4.66. The Morgan fingerprint density at radius 1 is 1.46 bits per heavy atom. The summed E-state index contributed by atoms with van der Waals surface area (Å²) in [7, 11) is 0. The van der Waals surface area contributed by atoms with Crippen molar-refractivity contribution in [1.29, 1.82) is 0 Å². The van der Waals surface area contributed by atoms with Crippen LogP contribution in [0.4, 0.5) is 10.1 Å². The van der Waals surface area contributed by atoms with E-state index < -0.39 is 0 Å². The van der Waals surface area contributed by atoms with Crippen LogP contribution in [0.3, 0.4) is 0 Å². The Labute approximate surface area is 79.0 Å². The molecule has 0 aliphatic heterocycles. The predicted molar refractivity (Wildman–Crippen MR) is 54.5 cm³/mol. The fourth-order valence-electron chi connectivity index (χ4n) is 1.13. The van der Waals surface area contributed by atoms with E-state index in [-0.39, 0.29) is 5.82 Å². The van der Waals surface area contributed by atoms with Gasteiger partial charge in [0.15, 0.2) is 0 Å². The zero-order chi connectivity index (χ0) is 9.84. The molecule has 0 saturated heterocycles. The molecule has 1 aromatic rings. The molecule has 0 aromatic heterocycles. The van der Waals surface area contributed by atoms with Gasteiger partial charge in [-0.05, 0) is 32.4 Å². The molecule has 1 atom stereocenters. The predicted octanol–water partition coefficient (Wildman–Crippen LogP) is 3.34. The van der Waals surface area contributed by atoms with Gasteiger partial charge >= 0.3 is 0 Å². The molecule has 13 heavy (non-hydrogen) atoms. The van der Waals surface area contributed by atoms with Crippen molar-refractivity contribution in [2.45, 2.75) is 33.2 Å². The Kier molecular flexibility index (Phi) is 3.29. The van der Waals surface area contributed by atoms with Gasteiger partial charge in [-0.15, -0.1) is 0 Å². The van der Waals surface area contributed by atoms with Crippen molar-refractivity contribution in [3.63, 3.8) is 0 Å². The third kappa shape index (κ3) is 2.44. The second-order valence-corrected chi connectivity index (χ2v) is 3.37. The first-order valence-corrected chi connectivity index (χ1v) is 4.66. The molecular formula is C11H16FN. The molecule has 1 nitrogen and oxygen atoms in total. The summed E-state index contributed by atoms with van der Waals surface area (Å²) in [6.07, 6.45) is 1.04. The highest BCUT2D eigenvalue weighted by Gasteiger charge is 2.04. The quantitative estimate of drug-likeness (QED) is 0.754. The fraction of sp³-hybridized carbons (Fsp3) is 0.455. The van der Waals surface area contributed by atoms with Crippen LogP contribution >= 0.6 is 0 Å². The fourth-order valence-corrected chi connectivity index (χ4v) is 1.13. The van der Waals surface area contributed by atoms with E-state index >= 15 is 0 Å². The van der Waals surface area contributed by atoms with Crippen molar-refractivity contribution in [3.8, 4) is 0 Å². The first-order chi connectivity index (χ1) is 6.15. The van der Waals surface area contributed by atoms with E-state index in [9.17, 15) is 4.39 Å². The monoisotopic (exact) mass is 181 g/mol. The summed E-state index contributed by atoms with van der Waals surface area (Å²) in [5.74, 6) is -0.145. The van der Waals surface area contributed by atoms with Gasteiger partial charge in [0.1, 0.15) is 5.82 Å². The van der Waals surface area contributed by atoms with Gasteiger partial charge in [-0.2, -0.15) is 0 Å². The van der Waals surface area contributed by atoms with Crippen molar-refractivity contribution >= 4 is 5.69 Å². The summed E-state index contributed by atoms with van der Waals surface area (Å²) in [4.78, 5) is 0. The molecule has 0 heterocycles. The first kappa shape index (κ1) is 10.0. The summed E-state index contributed by atoms with van der Waals surface area (Å²) >= 11 is 0. The third-order valence-electron chi connectivity index (χ3n) is 2.28. The molecule has 0 aliphatic rings. The number of anilines is 1. The lowest BCUT2D eigenvalue weighted by molar-refractivity contribution is 0.618. The van der Waals surface area contributed by atoms with E-state index in [1.807, 2.05) is 6.07 Å². The van der Waals surface area contributed by atoms with Crippen LogP contribution < -0.4 is 5.32 Å². The molecular weight excluding hydrogens is 165 g/mol. The van der Waals surface area contributed by atoms with Crippen molar-refractivity contribution < 1.29 is 4.39 Å². The van der Waals surface area contributed by atoms with E-state index in [0.717, 1.165) is 12.1 Å². The van der Waals surface area contributed by atoms with Crippen LogP contribution in [0.1, 0.15) is 25.8 Å². The molecule has 0 aliphatic carbocycles. The van der Waals surface area contributed by atoms with Crippen molar-refractivity contribution in [1.82, 2.24) is 0 Å². The maximum Gasteiger partial charge on any atom is 0.128 e. The van der Waals surface area contributed by atoms with Crippen LogP contribution in [0.25, 0.3) is 0 Å². The van der Waals surface area contributed by atoms with Gasteiger partial charge in [0.25, 0.3) is 0 Å². The lowest BCUT2D eigenvalue weighted by atomic mass is 10.1. The Hall–Kier alpha value is -1.05. The average Bonchev–Trinajstić information content (AvgIpc) is 2.13. The molecule has 0 amide bonds. The van der Waals surface area contributed by atoms with Crippen LogP contribution in [0.2, 0.25) is 0 Å². The number of nitrogens with one attached hydrogen (secondary N) is 1. The van der Waals surface area contributed by atoms with Crippen molar-refractivity contribution in [2.24, 2.45) is 0 Å². The molecule has 72 valence electrons. The second kappa shape index (κ2) is 4.26. The summed E-state index contributed by atoms with van der Waals surface area (Å²) in [6.45, 7) is 5.98. The third-order valence-corrected chi connectivity index (χ3v) is 2.28.